The second-order valence-corrected chi connectivity index (χ2v) is 3.09. The number of aromatic nitrogens is 3. The van der Waals surface area contributed by atoms with E-state index in [4.69, 9.17) is 5.73 Å². The summed E-state index contributed by atoms with van der Waals surface area (Å²) >= 11 is 0. The van der Waals surface area contributed by atoms with Crippen molar-refractivity contribution in [3.8, 4) is 0 Å². The van der Waals surface area contributed by atoms with Crippen molar-refractivity contribution in [3.05, 3.63) is 29.2 Å². The van der Waals surface area contributed by atoms with Crippen molar-refractivity contribution in [1.82, 2.24) is 14.6 Å². The molecule has 4 nitrogen and oxygen atoms in total. The first-order valence-corrected chi connectivity index (χ1v) is 4.24. The second kappa shape index (κ2) is 2.81. The quantitative estimate of drug-likeness (QED) is 0.699. The molecule has 0 aliphatic heterocycles. The van der Waals surface area contributed by atoms with Crippen molar-refractivity contribution < 1.29 is 0 Å². The first kappa shape index (κ1) is 8.19. The summed E-state index contributed by atoms with van der Waals surface area (Å²) < 4.78 is 1.81. The van der Waals surface area contributed by atoms with Gasteiger partial charge < -0.3 is 5.73 Å². The average molecular weight is 176 g/mol. The molecule has 0 aliphatic carbocycles. The van der Waals surface area contributed by atoms with Gasteiger partial charge in [-0.3, -0.25) is 0 Å². The standard InChI is InChI=1S/C9H12N4/c1-6-3-4-9-11-7(2)8(5-10)13(9)12-6/h3-4H,5,10H2,1-2H3. The fourth-order valence-corrected chi connectivity index (χ4v) is 1.42. The maximum absolute atomic E-state index is 5.61. The minimum atomic E-state index is 0.476. The van der Waals surface area contributed by atoms with Crippen molar-refractivity contribution >= 4 is 5.65 Å². The average Bonchev–Trinajstić information content (AvgIpc) is 2.40. The lowest BCUT2D eigenvalue weighted by Gasteiger charge is -1.98. The number of fused-ring (bicyclic) bond motifs is 1. The first-order chi connectivity index (χ1) is 6.22. The molecule has 68 valence electrons. The number of imidazole rings is 1. The first-order valence-electron chi connectivity index (χ1n) is 4.24. The van der Waals surface area contributed by atoms with E-state index in [1.165, 1.54) is 0 Å². The summed E-state index contributed by atoms with van der Waals surface area (Å²) in [5.41, 5.74) is 9.39. The molecule has 4 heteroatoms. The van der Waals surface area contributed by atoms with Gasteiger partial charge in [0.15, 0.2) is 5.65 Å². The Labute approximate surface area is 76.4 Å². The van der Waals surface area contributed by atoms with E-state index in [1.807, 2.05) is 30.5 Å². The highest BCUT2D eigenvalue weighted by atomic mass is 15.3. The molecule has 0 spiro atoms. The normalized spacial score (nSPS) is 11.0. The van der Waals surface area contributed by atoms with Crippen molar-refractivity contribution in [1.29, 1.82) is 0 Å². The second-order valence-electron chi connectivity index (χ2n) is 3.09. The van der Waals surface area contributed by atoms with E-state index in [2.05, 4.69) is 10.1 Å². The molecule has 0 aliphatic rings. The van der Waals surface area contributed by atoms with E-state index >= 15 is 0 Å². The number of rotatable bonds is 1. The molecule has 13 heavy (non-hydrogen) atoms. The third-order valence-electron chi connectivity index (χ3n) is 2.10. The van der Waals surface area contributed by atoms with E-state index in [9.17, 15) is 0 Å². The van der Waals surface area contributed by atoms with Gasteiger partial charge in [-0.1, -0.05) is 0 Å². The van der Waals surface area contributed by atoms with Crippen molar-refractivity contribution in [2.75, 3.05) is 0 Å². The van der Waals surface area contributed by atoms with Gasteiger partial charge in [-0.2, -0.15) is 5.10 Å². The molecule has 0 aromatic carbocycles. The predicted molar refractivity (Wildman–Crippen MR) is 50.4 cm³/mol. The van der Waals surface area contributed by atoms with Crippen LogP contribution in [0.1, 0.15) is 17.1 Å². The van der Waals surface area contributed by atoms with Crippen LogP contribution in [0.25, 0.3) is 5.65 Å². The minimum absolute atomic E-state index is 0.476. The Bertz CT molecular complexity index is 444. The zero-order valence-electron chi connectivity index (χ0n) is 7.78. The third kappa shape index (κ3) is 1.19. The SMILES string of the molecule is Cc1ccc2nc(C)c(CN)n2n1. The Hall–Kier alpha value is -1.42. The van der Waals surface area contributed by atoms with Gasteiger partial charge in [0.25, 0.3) is 0 Å². The fourth-order valence-electron chi connectivity index (χ4n) is 1.42. The molecule has 0 radical (unpaired) electrons. The molecule has 0 amide bonds. The summed E-state index contributed by atoms with van der Waals surface area (Å²) in [5, 5.41) is 4.34. The van der Waals surface area contributed by atoms with Gasteiger partial charge in [-0.05, 0) is 26.0 Å². The van der Waals surface area contributed by atoms with Crippen molar-refractivity contribution in [2.24, 2.45) is 5.73 Å². The number of hydrogen-bond acceptors (Lipinski definition) is 3. The number of aryl methyl sites for hydroxylation is 2. The number of nitrogens with zero attached hydrogens (tertiary/aromatic N) is 3. The van der Waals surface area contributed by atoms with Crippen molar-refractivity contribution in [3.63, 3.8) is 0 Å². The minimum Gasteiger partial charge on any atom is -0.325 e. The van der Waals surface area contributed by atoms with E-state index in [0.29, 0.717) is 6.54 Å². The van der Waals surface area contributed by atoms with Crippen LogP contribution in [0.2, 0.25) is 0 Å². The molecule has 0 unspecified atom stereocenters. The van der Waals surface area contributed by atoms with Gasteiger partial charge in [-0.25, -0.2) is 9.50 Å². The Balaban J connectivity index is 2.80. The Morgan fingerprint density at radius 1 is 1.38 bits per heavy atom. The van der Waals surface area contributed by atoms with E-state index < -0.39 is 0 Å². The van der Waals surface area contributed by atoms with Crippen LogP contribution in [0.15, 0.2) is 12.1 Å². The Morgan fingerprint density at radius 3 is 2.85 bits per heavy atom. The molecule has 2 aromatic rings. The van der Waals surface area contributed by atoms with Crippen LogP contribution in [-0.2, 0) is 6.54 Å². The summed E-state index contributed by atoms with van der Waals surface area (Å²) in [7, 11) is 0. The maximum Gasteiger partial charge on any atom is 0.154 e. The zero-order valence-corrected chi connectivity index (χ0v) is 7.78. The maximum atomic E-state index is 5.61. The molecular weight excluding hydrogens is 164 g/mol. The lowest BCUT2D eigenvalue weighted by atomic mass is 10.3. The number of hydrogen-bond donors (Lipinski definition) is 1. The van der Waals surface area contributed by atoms with Crippen LogP contribution >= 0.6 is 0 Å². The predicted octanol–water partition coefficient (Wildman–Crippen LogP) is 0.805. The molecular formula is C9H12N4. The van der Waals surface area contributed by atoms with Gasteiger partial charge in [0.1, 0.15) is 0 Å². The Kier molecular flexibility index (Phi) is 1.77. The van der Waals surface area contributed by atoms with E-state index in [1.54, 1.807) is 0 Å². The highest BCUT2D eigenvalue weighted by Gasteiger charge is 2.06. The number of nitrogens with two attached hydrogens (primary N) is 1. The van der Waals surface area contributed by atoms with Crippen molar-refractivity contribution in [2.45, 2.75) is 20.4 Å². The molecule has 0 saturated carbocycles. The molecule has 0 saturated heterocycles. The van der Waals surface area contributed by atoms with Gasteiger partial charge in [0.05, 0.1) is 17.1 Å². The summed E-state index contributed by atoms with van der Waals surface area (Å²) in [5.74, 6) is 0. The molecule has 0 bridgehead atoms. The molecule has 0 atom stereocenters. The summed E-state index contributed by atoms with van der Waals surface area (Å²) in [6.45, 7) is 4.38. The van der Waals surface area contributed by atoms with Crippen LogP contribution in [0.4, 0.5) is 0 Å². The van der Waals surface area contributed by atoms with Crippen LogP contribution in [0, 0.1) is 13.8 Å². The Morgan fingerprint density at radius 2 is 2.15 bits per heavy atom. The van der Waals surface area contributed by atoms with Crippen LogP contribution in [-0.4, -0.2) is 14.6 Å². The van der Waals surface area contributed by atoms with E-state index in [-0.39, 0.29) is 0 Å². The van der Waals surface area contributed by atoms with Gasteiger partial charge in [0, 0.05) is 6.54 Å². The smallest absolute Gasteiger partial charge is 0.154 e. The zero-order chi connectivity index (χ0) is 9.42. The topological polar surface area (TPSA) is 56.2 Å². The molecule has 2 heterocycles. The van der Waals surface area contributed by atoms with Gasteiger partial charge in [0.2, 0.25) is 0 Å². The lowest BCUT2D eigenvalue weighted by molar-refractivity contribution is 0.821. The van der Waals surface area contributed by atoms with E-state index in [0.717, 1.165) is 22.7 Å². The highest BCUT2D eigenvalue weighted by molar-refractivity contribution is 5.41. The molecule has 2 N–H and O–H groups in total. The fraction of sp³-hybridized carbons (Fsp3) is 0.333. The lowest BCUT2D eigenvalue weighted by Crippen LogP contribution is -2.05. The summed E-state index contributed by atoms with van der Waals surface area (Å²) in [6.07, 6.45) is 0. The highest BCUT2D eigenvalue weighted by Crippen LogP contribution is 2.09. The molecule has 2 rings (SSSR count). The molecule has 2 aromatic heterocycles. The summed E-state index contributed by atoms with van der Waals surface area (Å²) in [4.78, 5) is 4.35. The van der Waals surface area contributed by atoms with Gasteiger partial charge >= 0.3 is 0 Å². The van der Waals surface area contributed by atoms with Crippen LogP contribution < -0.4 is 5.73 Å². The monoisotopic (exact) mass is 176 g/mol. The third-order valence-corrected chi connectivity index (χ3v) is 2.10. The van der Waals surface area contributed by atoms with Crippen LogP contribution in [0.5, 0.6) is 0 Å². The summed E-state index contributed by atoms with van der Waals surface area (Å²) in [6, 6.07) is 3.90. The van der Waals surface area contributed by atoms with Crippen LogP contribution in [0.3, 0.4) is 0 Å². The molecule has 0 fully saturated rings. The largest absolute Gasteiger partial charge is 0.325 e. The van der Waals surface area contributed by atoms with Gasteiger partial charge in [-0.15, -0.1) is 0 Å².